The van der Waals surface area contributed by atoms with Crippen molar-refractivity contribution in [1.29, 1.82) is 0 Å². The van der Waals surface area contributed by atoms with Crippen LogP contribution in [0.3, 0.4) is 0 Å². The lowest BCUT2D eigenvalue weighted by molar-refractivity contribution is -0.136. The van der Waals surface area contributed by atoms with Crippen LogP contribution in [0.2, 0.25) is 0 Å². The zero-order chi connectivity index (χ0) is 19.4. The second kappa shape index (κ2) is 8.50. The van der Waals surface area contributed by atoms with Crippen molar-refractivity contribution in [2.24, 2.45) is 11.8 Å². The van der Waals surface area contributed by atoms with Crippen molar-refractivity contribution in [1.82, 2.24) is 20.2 Å². The summed E-state index contributed by atoms with van der Waals surface area (Å²) in [5.74, 6) is 1.12. The molecule has 7 heteroatoms. The summed E-state index contributed by atoms with van der Waals surface area (Å²) in [5.41, 5.74) is 1.17. The standard InChI is InChI=1S/C20H29N5O2/c1-14-17(12-22-20(23-14)24(2)3)18(26)21-11-15-7-6-10-25(13-15)19(27)16-8-4-5-9-16/h4-5,12,15-16H,6-11,13H2,1-3H3,(H,21,26). The lowest BCUT2D eigenvalue weighted by atomic mass is 9.95. The van der Waals surface area contributed by atoms with Gasteiger partial charge in [0, 0.05) is 45.8 Å². The number of nitrogens with one attached hydrogen (secondary N) is 1. The van der Waals surface area contributed by atoms with Gasteiger partial charge in [0.25, 0.3) is 5.91 Å². The van der Waals surface area contributed by atoms with Crippen molar-refractivity contribution in [3.63, 3.8) is 0 Å². The van der Waals surface area contributed by atoms with Crippen LogP contribution in [-0.2, 0) is 4.79 Å². The van der Waals surface area contributed by atoms with Gasteiger partial charge in [-0.1, -0.05) is 12.2 Å². The number of carbonyl (C=O) groups is 2. The first-order chi connectivity index (χ1) is 13.0. The summed E-state index contributed by atoms with van der Waals surface area (Å²) in [4.78, 5) is 37.5. The topological polar surface area (TPSA) is 78.4 Å². The molecule has 0 radical (unpaired) electrons. The maximum atomic E-state index is 12.6. The summed E-state index contributed by atoms with van der Waals surface area (Å²) in [6.45, 7) is 3.95. The Morgan fingerprint density at radius 2 is 2.04 bits per heavy atom. The zero-order valence-electron chi connectivity index (χ0n) is 16.4. The number of likely N-dealkylation sites (tertiary alicyclic amines) is 1. The first kappa shape index (κ1) is 19.3. The minimum atomic E-state index is -0.152. The van der Waals surface area contributed by atoms with Gasteiger partial charge in [-0.15, -0.1) is 0 Å². The fourth-order valence-corrected chi connectivity index (χ4v) is 3.73. The number of hydrogen-bond acceptors (Lipinski definition) is 5. The van der Waals surface area contributed by atoms with Crippen molar-refractivity contribution < 1.29 is 9.59 Å². The molecular formula is C20H29N5O2. The van der Waals surface area contributed by atoms with Crippen LogP contribution in [-0.4, -0.2) is 60.4 Å². The van der Waals surface area contributed by atoms with Gasteiger partial charge in [0.1, 0.15) is 0 Å². The van der Waals surface area contributed by atoms with Crippen LogP contribution >= 0.6 is 0 Å². The van der Waals surface area contributed by atoms with Gasteiger partial charge in [-0.3, -0.25) is 9.59 Å². The van der Waals surface area contributed by atoms with E-state index in [-0.39, 0.29) is 17.7 Å². The number of anilines is 1. The molecule has 146 valence electrons. The van der Waals surface area contributed by atoms with Crippen LogP contribution in [0.5, 0.6) is 0 Å². The number of aromatic nitrogens is 2. The Balaban J connectivity index is 1.53. The molecule has 1 aliphatic carbocycles. The molecule has 7 nitrogen and oxygen atoms in total. The Morgan fingerprint density at radius 1 is 1.30 bits per heavy atom. The van der Waals surface area contributed by atoms with Gasteiger partial charge in [0.15, 0.2) is 0 Å². The second-order valence-electron chi connectivity index (χ2n) is 7.71. The van der Waals surface area contributed by atoms with E-state index in [4.69, 9.17) is 0 Å². The minimum Gasteiger partial charge on any atom is -0.352 e. The fraction of sp³-hybridized carbons (Fsp3) is 0.600. The molecule has 1 aromatic heterocycles. The summed E-state index contributed by atoms with van der Waals surface area (Å²) < 4.78 is 0. The van der Waals surface area contributed by atoms with E-state index in [0.717, 1.165) is 38.8 Å². The Morgan fingerprint density at radius 3 is 2.70 bits per heavy atom. The Labute approximate surface area is 160 Å². The number of allylic oxidation sites excluding steroid dienone is 2. The van der Waals surface area contributed by atoms with E-state index in [1.165, 1.54) is 0 Å². The van der Waals surface area contributed by atoms with Crippen molar-refractivity contribution in [3.8, 4) is 0 Å². The largest absolute Gasteiger partial charge is 0.352 e. The maximum absolute atomic E-state index is 12.6. The van der Waals surface area contributed by atoms with Gasteiger partial charge in [0.05, 0.1) is 11.3 Å². The molecule has 0 spiro atoms. The lowest BCUT2D eigenvalue weighted by Crippen LogP contribution is -2.45. The predicted octanol–water partition coefficient (Wildman–Crippen LogP) is 1.79. The highest BCUT2D eigenvalue weighted by molar-refractivity contribution is 5.95. The van der Waals surface area contributed by atoms with Gasteiger partial charge < -0.3 is 15.1 Å². The summed E-state index contributed by atoms with van der Waals surface area (Å²) in [6.07, 6.45) is 9.51. The maximum Gasteiger partial charge on any atom is 0.254 e. The lowest BCUT2D eigenvalue weighted by Gasteiger charge is -2.34. The van der Waals surface area contributed by atoms with Crippen molar-refractivity contribution in [2.45, 2.75) is 32.6 Å². The first-order valence-electron chi connectivity index (χ1n) is 9.68. The summed E-state index contributed by atoms with van der Waals surface area (Å²) in [7, 11) is 3.73. The molecule has 2 amide bonds. The number of carbonyl (C=O) groups excluding carboxylic acids is 2. The molecule has 27 heavy (non-hydrogen) atoms. The van der Waals surface area contributed by atoms with Crippen LogP contribution < -0.4 is 10.2 Å². The van der Waals surface area contributed by atoms with Crippen LogP contribution in [0, 0.1) is 18.8 Å². The highest BCUT2D eigenvalue weighted by atomic mass is 16.2. The molecule has 1 N–H and O–H groups in total. The number of aryl methyl sites for hydroxylation is 1. The molecule has 1 aliphatic heterocycles. The molecule has 1 unspecified atom stereocenters. The van der Waals surface area contributed by atoms with Crippen LogP contribution in [0.15, 0.2) is 18.3 Å². The fourth-order valence-electron chi connectivity index (χ4n) is 3.73. The van der Waals surface area contributed by atoms with E-state index in [1.54, 1.807) is 6.20 Å². The normalized spacial score (nSPS) is 20.0. The Bertz CT molecular complexity index is 723. The minimum absolute atomic E-state index is 0.119. The molecule has 1 aromatic rings. The molecule has 2 heterocycles. The summed E-state index contributed by atoms with van der Waals surface area (Å²) in [5, 5.41) is 3.00. The molecule has 0 saturated carbocycles. The molecule has 1 saturated heterocycles. The highest BCUT2D eigenvalue weighted by Crippen LogP contribution is 2.24. The van der Waals surface area contributed by atoms with Crippen molar-refractivity contribution >= 4 is 17.8 Å². The van der Waals surface area contributed by atoms with Gasteiger partial charge >= 0.3 is 0 Å². The third-order valence-corrected chi connectivity index (χ3v) is 5.35. The Hall–Kier alpha value is -2.44. The number of rotatable bonds is 5. The summed E-state index contributed by atoms with van der Waals surface area (Å²) >= 11 is 0. The van der Waals surface area contributed by atoms with E-state index < -0.39 is 0 Å². The van der Waals surface area contributed by atoms with Crippen molar-refractivity contribution in [3.05, 3.63) is 29.6 Å². The molecule has 0 aromatic carbocycles. The average molecular weight is 371 g/mol. The third kappa shape index (κ3) is 4.64. The SMILES string of the molecule is Cc1nc(N(C)C)ncc1C(=O)NCC1CCCN(C(=O)C2CC=CC2)C1. The number of hydrogen-bond donors (Lipinski definition) is 1. The van der Waals surface area contributed by atoms with Gasteiger partial charge in [-0.25, -0.2) is 9.97 Å². The molecular weight excluding hydrogens is 342 g/mol. The molecule has 1 fully saturated rings. The van der Waals surface area contributed by atoms with Gasteiger partial charge in [0.2, 0.25) is 11.9 Å². The average Bonchev–Trinajstić information content (AvgIpc) is 3.20. The molecule has 1 atom stereocenters. The van der Waals surface area contributed by atoms with Crippen molar-refractivity contribution in [2.75, 3.05) is 38.6 Å². The molecule has 0 bridgehead atoms. The van der Waals surface area contributed by atoms with E-state index in [1.807, 2.05) is 30.8 Å². The predicted molar refractivity (Wildman–Crippen MR) is 105 cm³/mol. The Kier molecular flexibility index (Phi) is 6.08. The van der Waals surface area contributed by atoms with E-state index in [2.05, 4.69) is 27.4 Å². The van der Waals surface area contributed by atoms with Crippen LogP contribution in [0.25, 0.3) is 0 Å². The van der Waals surface area contributed by atoms with E-state index in [9.17, 15) is 9.59 Å². The van der Waals surface area contributed by atoms with Gasteiger partial charge in [-0.2, -0.15) is 0 Å². The number of amides is 2. The van der Waals surface area contributed by atoms with Crippen LogP contribution in [0.4, 0.5) is 5.95 Å². The summed E-state index contributed by atoms with van der Waals surface area (Å²) in [6, 6.07) is 0. The first-order valence-corrected chi connectivity index (χ1v) is 9.68. The smallest absolute Gasteiger partial charge is 0.254 e. The number of nitrogens with zero attached hydrogens (tertiary/aromatic N) is 4. The molecule has 2 aliphatic rings. The second-order valence-corrected chi connectivity index (χ2v) is 7.71. The molecule has 3 rings (SSSR count). The van der Waals surface area contributed by atoms with Gasteiger partial charge in [-0.05, 0) is 38.5 Å². The zero-order valence-corrected chi connectivity index (χ0v) is 16.4. The number of piperidine rings is 1. The quantitative estimate of drug-likeness (QED) is 0.799. The van der Waals surface area contributed by atoms with Crippen LogP contribution in [0.1, 0.15) is 41.7 Å². The van der Waals surface area contributed by atoms with E-state index in [0.29, 0.717) is 29.7 Å². The highest BCUT2D eigenvalue weighted by Gasteiger charge is 2.29. The van der Waals surface area contributed by atoms with E-state index >= 15 is 0 Å². The third-order valence-electron chi connectivity index (χ3n) is 5.35. The monoisotopic (exact) mass is 371 g/mol.